The number of rotatable bonds is 5. The van der Waals surface area contributed by atoms with Crippen molar-refractivity contribution in [2.24, 2.45) is 7.05 Å². The van der Waals surface area contributed by atoms with Gasteiger partial charge in [0.1, 0.15) is 0 Å². The molecule has 1 amide bonds. The van der Waals surface area contributed by atoms with Crippen LogP contribution in [0.2, 0.25) is 0 Å². The molecule has 10 heteroatoms. The van der Waals surface area contributed by atoms with Crippen LogP contribution in [0.15, 0.2) is 12.4 Å². The predicted molar refractivity (Wildman–Crippen MR) is 99.0 cm³/mol. The Morgan fingerprint density at radius 1 is 1.23 bits per heavy atom. The molecule has 26 heavy (non-hydrogen) atoms. The fraction of sp³-hybridized carbons (Fsp3) is 0.750. The lowest BCUT2D eigenvalue weighted by Gasteiger charge is -2.42. The van der Waals surface area contributed by atoms with Gasteiger partial charge in [0.05, 0.1) is 17.9 Å². The van der Waals surface area contributed by atoms with Gasteiger partial charge in [-0.15, -0.1) is 0 Å². The molecule has 0 N–H and O–H groups in total. The van der Waals surface area contributed by atoms with E-state index in [0.29, 0.717) is 39.3 Å². The van der Waals surface area contributed by atoms with Crippen molar-refractivity contribution in [1.82, 2.24) is 23.3 Å². The summed E-state index contributed by atoms with van der Waals surface area (Å²) >= 11 is 0. The van der Waals surface area contributed by atoms with Crippen LogP contribution in [0.3, 0.4) is 0 Å². The lowest BCUT2D eigenvalue weighted by molar-refractivity contribution is -0.125. The molecule has 0 saturated carbocycles. The molecular weight excluding hydrogens is 356 g/mol. The summed E-state index contributed by atoms with van der Waals surface area (Å²) in [5, 5.41) is 4.16. The molecule has 2 aliphatic heterocycles. The zero-order chi connectivity index (χ0) is 18.9. The third kappa shape index (κ3) is 3.64. The lowest BCUT2D eigenvalue weighted by Crippen LogP contribution is -2.59. The van der Waals surface area contributed by atoms with E-state index in [2.05, 4.69) is 10.00 Å². The Morgan fingerprint density at radius 3 is 2.50 bits per heavy atom. The predicted octanol–water partition coefficient (Wildman–Crippen LogP) is -0.270. The first-order valence-electron chi connectivity index (χ1n) is 9.10. The summed E-state index contributed by atoms with van der Waals surface area (Å²) in [5.74, 6) is 0.0891. The summed E-state index contributed by atoms with van der Waals surface area (Å²) in [7, 11) is 0.0339. The van der Waals surface area contributed by atoms with Gasteiger partial charge in [-0.1, -0.05) is 6.92 Å². The Hall–Kier alpha value is -1.49. The smallest absolute Gasteiger partial charge is 0.281 e. The van der Waals surface area contributed by atoms with Crippen LogP contribution in [-0.2, 0) is 22.1 Å². The van der Waals surface area contributed by atoms with E-state index in [1.165, 1.54) is 8.61 Å². The molecule has 0 unspecified atom stereocenters. The molecule has 1 aromatic rings. The van der Waals surface area contributed by atoms with Gasteiger partial charge >= 0.3 is 0 Å². The molecule has 1 aromatic heterocycles. The van der Waals surface area contributed by atoms with Crippen LogP contribution in [0.1, 0.15) is 19.8 Å². The number of carbonyl (C=O) groups is 1. The molecule has 0 spiro atoms. The molecular formula is C16H28N6O3S. The molecule has 0 radical (unpaired) electrons. The summed E-state index contributed by atoms with van der Waals surface area (Å²) < 4.78 is 29.5. The topological polar surface area (TPSA) is 82.0 Å². The average molecular weight is 385 g/mol. The highest BCUT2D eigenvalue weighted by molar-refractivity contribution is 7.86. The van der Waals surface area contributed by atoms with Gasteiger partial charge in [-0.25, -0.2) is 0 Å². The average Bonchev–Trinajstić information content (AvgIpc) is 3.07. The fourth-order valence-corrected chi connectivity index (χ4v) is 4.95. The van der Waals surface area contributed by atoms with Gasteiger partial charge in [0.2, 0.25) is 5.91 Å². The van der Waals surface area contributed by atoms with Gasteiger partial charge in [0.25, 0.3) is 10.2 Å². The zero-order valence-electron chi connectivity index (χ0n) is 15.7. The number of piperazine rings is 1. The molecule has 3 heterocycles. The molecule has 3 rings (SSSR count). The van der Waals surface area contributed by atoms with Crippen molar-refractivity contribution in [3.8, 4) is 0 Å². The highest BCUT2D eigenvalue weighted by Gasteiger charge is 2.38. The molecule has 0 aromatic carbocycles. The van der Waals surface area contributed by atoms with E-state index in [4.69, 9.17) is 0 Å². The van der Waals surface area contributed by atoms with Crippen LogP contribution in [0.5, 0.6) is 0 Å². The number of amides is 1. The molecule has 2 saturated heterocycles. The third-order valence-corrected chi connectivity index (χ3v) is 7.36. The summed E-state index contributed by atoms with van der Waals surface area (Å²) in [6.45, 7) is 4.97. The van der Waals surface area contributed by atoms with Crippen LogP contribution in [0, 0.1) is 0 Å². The van der Waals surface area contributed by atoms with Gasteiger partial charge in [0.15, 0.2) is 0 Å². The van der Waals surface area contributed by atoms with Crippen LogP contribution < -0.4 is 4.90 Å². The van der Waals surface area contributed by atoms with E-state index in [-0.39, 0.29) is 11.9 Å². The summed E-state index contributed by atoms with van der Waals surface area (Å²) in [4.78, 5) is 16.9. The largest absolute Gasteiger partial charge is 0.308 e. The second-order valence-corrected chi connectivity index (χ2v) is 8.91. The summed E-state index contributed by atoms with van der Waals surface area (Å²) in [5.41, 5.74) is 0.827. The summed E-state index contributed by atoms with van der Waals surface area (Å²) in [6.07, 6.45) is 5.32. The van der Waals surface area contributed by atoms with Crippen molar-refractivity contribution in [3.63, 3.8) is 0 Å². The van der Waals surface area contributed by atoms with Gasteiger partial charge in [-0.3, -0.25) is 14.4 Å². The van der Waals surface area contributed by atoms with Gasteiger partial charge < -0.3 is 4.90 Å². The maximum atomic E-state index is 13.0. The number of piperidine rings is 1. The minimum absolute atomic E-state index is 0.0891. The van der Waals surface area contributed by atoms with Crippen LogP contribution >= 0.6 is 0 Å². The Bertz CT molecular complexity index is 741. The lowest BCUT2D eigenvalue weighted by atomic mass is 10.0. The number of nitrogens with zero attached hydrogens (tertiary/aromatic N) is 6. The molecule has 2 aliphatic rings. The number of hydrogen-bond acceptors (Lipinski definition) is 5. The normalized spacial score (nSPS) is 23.8. The maximum Gasteiger partial charge on any atom is 0.281 e. The minimum atomic E-state index is -3.40. The minimum Gasteiger partial charge on any atom is -0.308 e. The number of anilines is 1. The van der Waals surface area contributed by atoms with Crippen LogP contribution in [0.4, 0.5) is 5.69 Å². The Labute approximate surface area is 155 Å². The van der Waals surface area contributed by atoms with Crippen molar-refractivity contribution in [1.29, 1.82) is 0 Å². The maximum absolute atomic E-state index is 13.0. The van der Waals surface area contributed by atoms with E-state index in [1.54, 1.807) is 22.8 Å². The van der Waals surface area contributed by atoms with E-state index in [1.807, 2.05) is 20.2 Å². The van der Waals surface area contributed by atoms with Crippen molar-refractivity contribution in [2.45, 2.75) is 25.8 Å². The van der Waals surface area contributed by atoms with Crippen LogP contribution in [-0.4, -0.2) is 90.0 Å². The first-order valence-corrected chi connectivity index (χ1v) is 10.5. The second-order valence-electron chi connectivity index (χ2n) is 6.88. The molecule has 0 bridgehead atoms. The van der Waals surface area contributed by atoms with Crippen molar-refractivity contribution < 1.29 is 13.2 Å². The summed E-state index contributed by atoms with van der Waals surface area (Å²) in [6, 6.07) is -0.183. The standard InChI is InChI=1S/C16H28N6O3S/c1-4-19(3)26(24,25)21-10-8-20(9-11-21)15-6-5-7-22(16(15)23)14-12-17-18(2)13-14/h12-13,15H,4-11H2,1-3H3/t15-/m1/s1. The molecule has 0 aliphatic carbocycles. The second kappa shape index (κ2) is 7.63. The van der Waals surface area contributed by atoms with Crippen molar-refractivity contribution in [2.75, 3.05) is 51.2 Å². The first-order chi connectivity index (χ1) is 12.3. The molecule has 146 valence electrons. The molecule has 9 nitrogen and oxygen atoms in total. The van der Waals surface area contributed by atoms with E-state index in [9.17, 15) is 13.2 Å². The monoisotopic (exact) mass is 384 g/mol. The zero-order valence-corrected chi connectivity index (χ0v) is 16.5. The van der Waals surface area contributed by atoms with Gasteiger partial charge in [-0.05, 0) is 12.8 Å². The van der Waals surface area contributed by atoms with Gasteiger partial charge in [0, 0.05) is 59.6 Å². The van der Waals surface area contributed by atoms with Crippen molar-refractivity contribution >= 4 is 21.8 Å². The highest BCUT2D eigenvalue weighted by Crippen LogP contribution is 2.24. The molecule has 1 atom stereocenters. The van der Waals surface area contributed by atoms with E-state index < -0.39 is 10.2 Å². The van der Waals surface area contributed by atoms with Crippen molar-refractivity contribution in [3.05, 3.63) is 12.4 Å². The number of aromatic nitrogens is 2. The molecule has 2 fully saturated rings. The number of hydrogen-bond donors (Lipinski definition) is 0. The quantitative estimate of drug-likeness (QED) is 0.698. The van der Waals surface area contributed by atoms with E-state index in [0.717, 1.165) is 18.5 Å². The Morgan fingerprint density at radius 2 is 1.92 bits per heavy atom. The van der Waals surface area contributed by atoms with Crippen LogP contribution in [0.25, 0.3) is 0 Å². The first kappa shape index (κ1) is 19.3. The Balaban J connectivity index is 1.65. The fourth-order valence-electron chi connectivity index (χ4n) is 3.61. The third-order valence-electron chi connectivity index (χ3n) is 5.29. The Kier molecular flexibility index (Phi) is 5.66. The SMILES string of the molecule is CCN(C)S(=O)(=O)N1CCN([C@@H]2CCCN(c3cnn(C)c3)C2=O)CC1. The highest BCUT2D eigenvalue weighted by atomic mass is 32.2. The van der Waals surface area contributed by atoms with E-state index >= 15 is 0 Å². The number of carbonyl (C=O) groups excluding carboxylic acids is 1. The number of aryl methyl sites for hydroxylation is 1. The van der Waals surface area contributed by atoms with Gasteiger partial charge in [-0.2, -0.15) is 22.1 Å².